The first-order chi connectivity index (χ1) is 9.22. The molecule has 1 aliphatic rings. The van der Waals surface area contributed by atoms with Crippen LogP contribution < -0.4 is 0 Å². The Kier molecular flexibility index (Phi) is 4.46. The van der Waals surface area contributed by atoms with E-state index >= 15 is 0 Å². The minimum Gasteiger partial charge on any atom is -0.461 e. The Morgan fingerprint density at radius 1 is 1.32 bits per heavy atom. The molecule has 1 fully saturated rings. The van der Waals surface area contributed by atoms with E-state index in [-0.39, 0.29) is 23.9 Å². The Labute approximate surface area is 111 Å². The van der Waals surface area contributed by atoms with Gasteiger partial charge in [-0.2, -0.15) is 0 Å². The number of carbonyl (C=O) groups excluding carboxylic acids is 2. The first-order valence-corrected chi connectivity index (χ1v) is 6.23. The fraction of sp³-hybridized carbons (Fsp3) is 0.462. The highest BCUT2D eigenvalue weighted by Gasteiger charge is 2.20. The third-order valence-corrected chi connectivity index (χ3v) is 2.75. The third kappa shape index (κ3) is 3.29. The molecule has 0 unspecified atom stereocenters. The van der Waals surface area contributed by atoms with Crippen molar-refractivity contribution in [1.82, 2.24) is 9.88 Å². The van der Waals surface area contributed by atoms with Gasteiger partial charge in [-0.25, -0.2) is 9.78 Å². The van der Waals surface area contributed by atoms with Crippen molar-refractivity contribution in [1.29, 1.82) is 0 Å². The maximum atomic E-state index is 12.2. The van der Waals surface area contributed by atoms with Crippen LogP contribution in [0.4, 0.5) is 0 Å². The fourth-order valence-electron chi connectivity index (χ4n) is 1.80. The summed E-state index contributed by atoms with van der Waals surface area (Å²) in [6, 6.07) is 4.77. The number of hydrogen-bond donors (Lipinski definition) is 0. The summed E-state index contributed by atoms with van der Waals surface area (Å²) >= 11 is 0. The van der Waals surface area contributed by atoms with Gasteiger partial charge in [0.1, 0.15) is 11.4 Å². The van der Waals surface area contributed by atoms with Crippen LogP contribution in [-0.4, -0.2) is 54.7 Å². The van der Waals surface area contributed by atoms with E-state index in [4.69, 9.17) is 9.47 Å². The van der Waals surface area contributed by atoms with E-state index in [1.807, 2.05) is 0 Å². The molecule has 19 heavy (non-hydrogen) atoms. The SMILES string of the molecule is CCOC(=O)c1cccc(C(=O)N2CCOCC2)n1. The van der Waals surface area contributed by atoms with Gasteiger partial charge in [0.2, 0.25) is 0 Å². The quantitative estimate of drug-likeness (QED) is 0.753. The molecule has 2 rings (SSSR count). The molecule has 1 aromatic heterocycles. The van der Waals surface area contributed by atoms with E-state index in [1.54, 1.807) is 24.0 Å². The molecule has 1 aromatic rings. The van der Waals surface area contributed by atoms with Crippen molar-refractivity contribution in [2.75, 3.05) is 32.9 Å². The number of rotatable bonds is 3. The van der Waals surface area contributed by atoms with Crippen molar-refractivity contribution in [3.63, 3.8) is 0 Å². The molecule has 0 bridgehead atoms. The van der Waals surface area contributed by atoms with Gasteiger partial charge >= 0.3 is 5.97 Å². The maximum absolute atomic E-state index is 12.2. The van der Waals surface area contributed by atoms with Crippen LogP contribution in [0.2, 0.25) is 0 Å². The van der Waals surface area contributed by atoms with Crippen LogP contribution in [0.3, 0.4) is 0 Å². The molecule has 0 radical (unpaired) electrons. The molecule has 1 aliphatic heterocycles. The summed E-state index contributed by atoms with van der Waals surface area (Å²) in [4.78, 5) is 29.5. The molecule has 2 heterocycles. The average molecular weight is 264 g/mol. The smallest absolute Gasteiger partial charge is 0.356 e. The first-order valence-electron chi connectivity index (χ1n) is 6.23. The van der Waals surface area contributed by atoms with Gasteiger partial charge in [-0.05, 0) is 19.1 Å². The van der Waals surface area contributed by atoms with Crippen LogP contribution in [0.5, 0.6) is 0 Å². The zero-order valence-corrected chi connectivity index (χ0v) is 10.8. The predicted molar refractivity (Wildman–Crippen MR) is 66.9 cm³/mol. The van der Waals surface area contributed by atoms with Crippen LogP contribution in [-0.2, 0) is 9.47 Å². The highest BCUT2D eigenvalue weighted by Crippen LogP contribution is 2.07. The number of esters is 1. The second kappa shape index (κ2) is 6.29. The van der Waals surface area contributed by atoms with E-state index < -0.39 is 5.97 Å². The van der Waals surface area contributed by atoms with Gasteiger partial charge in [0.15, 0.2) is 0 Å². The molecule has 6 heteroatoms. The molecular formula is C13H16N2O4. The monoisotopic (exact) mass is 264 g/mol. The van der Waals surface area contributed by atoms with E-state index in [0.717, 1.165) is 0 Å². The lowest BCUT2D eigenvalue weighted by Crippen LogP contribution is -2.41. The van der Waals surface area contributed by atoms with Crippen LogP contribution in [0.1, 0.15) is 27.9 Å². The Bertz CT molecular complexity index is 469. The summed E-state index contributed by atoms with van der Waals surface area (Å²) in [5.41, 5.74) is 0.411. The number of nitrogens with zero attached hydrogens (tertiary/aromatic N) is 2. The standard InChI is InChI=1S/C13H16N2O4/c1-2-19-13(17)11-5-3-4-10(14-11)12(16)15-6-8-18-9-7-15/h3-5H,2,6-9H2,1H3. The summed E-state index contributed by atoms with van der Waals surface area (Å²) in [5, 5.41) is 0. The summed E-state index contributed by atoms with van der Waals surface area (Å²) < 4.78 is 10.1. The van der Waals surface area contributed by atoms with E-state index in [1.165, 1.54) is 6.07 Å². The van der Waals surface area contributed by atoms with E-state index in [0.29, 0.717) is 26.3 Å². The second-order valence-electron chi connectivity index (χ2n) is 4.03. The highest BCUT2D eigenvalue weighted by atomic mass is 16.5. The Balaban J connectivity index is 2.13. The average Bonchev–Trinajstić information content (AvgIpc) is 2.48. The first kappa shape index (κ1) is 13.5. The molecule has 0 aliphatic carbocycles. The Morgan fingerprint density at radius 2 is 2.00 bits per heavy atom. The van der Waals surface area contributed by atoms with Crippen molar-refractivity contribution < 1.29 is 19.1 Å². The second-order valence-corrected chi connectivity index (χ2v) is 4.03. The number of carbonyl (C=O) groups is 2. The van der Waals surface area contributed by atoms with Crippen molar-refractivity contribution in [3.8, 4) is 0 Å². The van der Waals surface area contributed by atoms with Gasteiger partial charge in [0.05, 0.1) is 19.8 Å². The normalized spacial score (nSPS) is 15.1. The fourth-order valence-corrected chi connectivity index (χ4v) is 1.80. The number of pyridine rings is 1. The van der Waals surface area contributed by atoms with Crippen LogP contribution in [0.15, 0.2) is 18.2 Å². The van der Waals surface area contributed by atoms with Crippen molar-refractivity contribution in [2.45, 2.75) is 6.92 Å². The van der Waals surface area contributed by atoms with Crippen LogP contribution in [0.25, 0.3) is 0 Å². The highest BCUT2D eigenvalue weighted by molar-refractivity contribution is 5.94. The van der Waals surface area contributed by atoms with Crippen LogP contribution >= 0.6 is 0 Å². The number of hydrogen-bond acceptors (Lipinski definition) is 5. The lowest BCUT2D eigenvalue weighted by atomic mass is 10.2. The van der Waals surface area contributed by atoms with Crippen molar-refractivity contribution in [3.05, 3.63) is 29.6 Å². The van der Waals surface area contributed by atoms with Gasteiger partial charge in [-0.1, -0.05) is 6.07 Å². The number of aromatic nitrogens is 1. The Hall–Kier alpha value is -1.95. The third-order valence-electron chi connectivity index (χ3n) is 2.75. The summed E-state index contributed by atoms with van der Waals surface area (Å²) in [6.45, 7) is 4.16. The van der Waals surface area contributed by atoms with E-state index in [9.17, 15) is 9.59 Å². The molecule has 0 spiro atoms. The molecule has 0 saturated carbocycles. The molecule has 0 aromatic carbocycles. The minimum absolute atomic E-state index is 0.154. The lowest BCUT2D eigenvalue weighted by Gasteiger charge is -2.26. The number of morpholine rings is 1. The maximum Gasteiger partial charge on any atom is 0.356 e. The molecule has 102 valence electrons. The zero-order chi connectivity index (χ0) is 13.7. The molecular weight excluding hydrogens is 248 g/mol. The van der Waals surface area contributed by atoms with Gasteiger partial charge in [-0.15, -0.1) is 0 Å². The molecule has 6 nitrogen and oxygen atoms in total. The molecule has 1 saturated heterocycles. The van der Waals surface area contributed by atoms with Gasteiger partial charge < -0.3 is 14.4 Å². The topological polar surface area (TPSA) is 68.7 Å². The summed E-state index contributed by atoms with van der Waals surface area (Å²) in [7, 11) is 0. The van der Waals surface area contributed by atoms with Crippen molar-refractivity contribution >= 4 is 11.9 Å². The summed E-state index contributed by atoms with van der Waals surface area (Å²) in [6.07, 6.45) is 0. The molecule has 1 amide bonds. The minimum atomic E-state index is -0.515. The zero-order valence-electron chi connectivity index (χ0n) is 10.8. The predicted octanol–water partition coefficient (Wildman–Crippen LogP) is 0.731. The lowest BCUT2D eigenvalue weighted by molar-refractivity contribution is 0.0298. The number of amides is 1. The van der Waals surface area contributed by atoms with Gasteiger partial charge in [-0.3, -0.25) is 4.79 Å². The van der Waals surface area contributed by atoms with Gasteiger partial charge in [0, 0.05) is 13.1 Å². The van der Waals surface area contributed by atoms with Crippen molar-refractivity contribution in [2.24, 2.45) is 0 Å². The van der Waals surface area contributed by atoms with Gasteiger partial charge in [0.25, 0.3) is 5.91 Å². The summed E-state index contributed by atoms with van der Waals surface area (Å²) in [5.74, 6) is -0.700. The molecule has 0 N–H and O–H groups in total. The Morgan fingerprint density at radius 3 is 2.68 bits per heavy atom. The molecule has 0 atom stereocenters. The number of ether oxygens (including phenoxy) is 2. The van der Waals surface area contributed by atoms with Crippen LogP contribution in [0, 0.1) is 0 Å². The van der Waals surface area contributed by atoms with E-state index in [2.05, 4.69) is 4.98 Å². The largest absolute Gasteiger partial charge is 0.461 e.